The van der Waals surface area contributed by atoms with Gasteiger partial charge in [0.1, 0.15) is 17.2 Å². The first-order valence-electron chi connectivity index (χ1n) is 10.5. The van der Waals surface area contributed by atoms with Gasteiger partial charge in [-0.05, 0) is 49.4 Å². The molecule has 0 saturated heterocycles. The number of carbonyl (C=O) groups is 1. The van der Waals surface area contributed by atoms with Crippen molar-refractivity contribution in [2.75, 3.05) is 27.9 Å². The third-order valence-corrected chi connectivity index (χ3v) is 5.23. The average molecular weight is 435 g/mol. The first kappa shape index (κ1) is 23.2. The van der Waals surface area contributed by atoms with Gasteiger partial charge in [0.25, 0.3) is 5.91 Å². The van der Waals surface area contributed by atoms with Crippen LogP contribution in [0.3, 0.4) is 0 Å². The minimum Gasteiger partial charge on any atom is -0.497 e. The van der Waals surface area contributed by atoms with Gasteiger partial charge in [0, 0.05) is 18.2 Å². The molecule has 3 aromatic carbocycles. The van der Waals surface area contributed by atoms with Crippen molar-refractivity contribution < 1.29 is 19.0 Å². The molecule has 168 valence electrons. The summed E-state index contributed by atoms with van der Waals surface area (Å²) < 4.78 is 16.5. The van der Waals surface area contributed by atoms with Crippen molar-refractivity contribution in [1.82, 2.24) is 10.6 Å². The number of nitrogens with one attached hydrogen (secondary N) is 2. The highest BCUT2D eigenvalue weighted by Crippen LogP contribution is 2.33. The van der Waals surface area contributed by atoms with Gasteiger partial charge in [0.15, 0.2) is 6.61 Å². The first-order chi connectivity index (χ1) is 15.5. The number of benzene rings is 3. The summed E-state index contributed by atoms with van der Waals surface area (Å²) in [7, 11) is 5.18. The minimum absolute atomic E-state index is 0.0348. The van der Waals surface area contributed by atoms with E-state index in [0.29, 0.717) is 12.3 Å². The Morgan fingerprint density at radius 1 is 0.906 bits per heavy atom. The van der Waals surface area contributed by atoms with Crippen molar-refractivity contribution in [3.05, 3.63) is 89.0 Å². The van der Waals surface area contributed by atoms with Crippen molar-refractivity contribution in [1.29, 1.82) is 0 Å². The van der Waals surface area contributed by atoms with E-state index in [1.807, 2.05) is 80.7 Å². The van der Waals surface area contributed by atoms with Crippen LogP contribution in [0.15, 0.2) is 66.7 Å². The molecule has 0 saturated carbocycles. The fourth-order valence-electron chi connectivity index (χ4n) is 3.42. The largest absolute Gasteiger partial charge is 0.497 e. The second kappa shape index (κ2) is 11.2. The van der Waals surface area contributed by atoms with E-state index in [-0.39, 0.29) is 18.6 Å². The molecule has 0 bridgehead atoms. The maximum atomic E-state index is 12.1. The van der Waals surface area contributed by atoms with E-state index in [4.69, 9.17) is 14.2 Å². The van der Waals surface area contributed by atoms with Crippen LogP contribution in [0.2, 0.25) is 0 Å². The van der Waals surface area contributed by atoms with Gasteiger partial charge in [0.2, 0.25) is 0 Å². The molecule has 2 N–H and O–H groups in total. The highest BCUT2D eigenvalue weighted by Gasteiger charge is 2.17. The van der Waals surface area contributed by atoms with Crippen molar-refractivity contribution in [2.45, 2.75) is 19.5 Å². The molecule has 0 radical (unpaired) electrons. The molecule has 3 aromatic rings. The number of methoxy groups -OCH3 is 2. The van der Waals surface area contributed by atoms with Crippen molar-refractivity contribution in [2.24, 2.45) is 0 Å². The molecule has 0 spiro atoms. The quantitative estimate of drug-likeness (QED) is 0.505. The van der Waals surface area contributed by atoms with E-state index < -0.39 is 0 Å². The van der Waals surface area contributed by atoms with Gasteiger partial charge in [0.05, 0.1) is 20.3 Å². The predicted octanol–water partition coefficient (Wildman–Crippen LogP) is 4.02. The Balaban J connectivity index is 1.59. The SMILES string of the molecule is CNC(c1ccc(OCC(=O)NCc2ccc(C)cc2)cc1)c1ccc(OC)cc1OC. The fourth-order valence-corrected chi connectivity index (χ4v) is 3.42. The van der Waals surface area contributed by atoms with Crippen LogP contribution < -0.4 is 24.8 Å². The molecule has 32 heavy (non-hydrogen) atoms. The Labute approximate surface area is 189 Å². The van der Waals surface area contributed by atoms with Gasteiger partial charge in [-0.3, -0.25) is 4.79 Å². The third-order valence-electron chi connectivity index (χ3n) is 5.23. The molecule has 6 nitrogen and oxygen atoms in total. The fraction of sp³-hybridized carbons (Fsp3) is 0.269. The molecule has 0 aliphatic heterocycles. The Hall–Kier alpha value is -3.51. The Kier molecular flexibility index (Phi) is 8.11. The molecular weight excluding hydrogens is 404 g/mol. The normalized spacial score (nSPS) is 11.5. The molecule has 6 heteroatoms. The van der Waals surface area contributed by atoms with Crippen LogP contribution in [0.5, 0.6) is 17.2 Å². The van der Waals surface area contributed by atoms with Gasteiger partial charge in [-0.2, -0.15) is 0 Å². The average Bonchev–Trinajstić information content (AvgIpc) is 2.83. The number of rotatable bonds is 10. The van der Waals surface area contributed by atoms with Crippen molar-refractivity contribution in [3.8, 4) is 17.2 Å². The molecule has 0 heterocycles. The molecule has 0 aliphatic carbocycles. The van der Waals surface area contributed by atoms with E-state index in [0.717, 1.165) is 28.2 Å². The molecular formula is C26H30N2O4. The lowest BCUT2D eigenvalue weighted by atomic mass is 9.97. The molecule has 1 atom stereocenters. The highest BCUT2D eigenvalue weighted by atomic mass is 16.5. The van der Waals surface area contributed by atoms with Crippen LogP contribution >= 0.6 is 0 Å². The standard InChI is InChI=1S/C26H30N2O4/c1-18-5-7-19(8-6-18)16-28-25(29)17-32-21-11-9-20(10-12-21)26(27-2)23-14-13-22(30-3)15-24(23)31-4/h5-15,26-27H,16-17H2,1-4H3,(H,28,29). The summed E-state index contributed by atoms with van der Waals surface area (Å²) in [6.45, 7) is 2.48. The van der Waals surface area contributed by atoms with Gasteiger partial charge >= 0.3 is 0 Å². The smallest absolute Gasteiger partial charge is 0.258 e. The maximum absolute atomic E-state index is 12.1. The highest BCUT2D eigenvalue weighted by molar-refractivity contribution is 5.77. The lowest BCUT2D eigenvalue weighted by Crippen LogP contribution is -2.28. The van der Waals surface area contributed by atoms with Crippen LogP contribution in [-0.2, 0) is 11.3 Å². The van der Waals surface area contributed by atoms with Crippen LogP contribution in [0.4, 0.5) is 0 Å². The predicted molar refractivity (Wildman–Crippen MR) is 125 cm³/mol. The number of hydrogen-bond donors (Lipinski definition) is 2. The molecule has 1 unspecified atom stereocenters. The van der Waals surface area contributed by atoms with Gasteiger partial charge in [-0.1, -0.05) is 42.0 Å². The number of aryl methyl sites for hydroxylation is 1. The Morgan fingerprint density at radius 3 is 2.22 bits per heavy atom. The molecule has 0 aromatic heterocycles. The van der Waals surface area contributed by atoms with E-state index in [2.05, 4.69) is 10.6 Å². The number of ether oxygens (including phenoxy) is 3. The third kappa shape index (κ3) is 6.02. The summed E-state index contributed by atoms with van der Waals surface area (Å²) >= 11 is 0. The summed E-state index contributed by atoms with van der Waals surface area (Å²) in [5.74, 6) is 1.96. The molecule has 0 aliphatic rings. The Bertz CT molecular complexity index is 1020. The van der Waals surface area contributed by atoms with Crippen LogP contribution in [-0.4, -0.2) is 33.8 Å². The molecule has 0 fully saturated rings. The van der Waals surface area contributed by atoms with Crippen LogP contribution in [0, 0.1) is 6.92 Å². The molecule has 1 amide bonds. The van der Waals surface area contributed by atoms with Crippen LogP contribution in [0.25, 0.3) is 0 Å². The molecule has 3 rings (SSSR count). The lowest BCUT2D eigenvalue weighted by Gasteiger charge is -2.21. The van der Waals surface area contributed by atoms with Crippen LogP contribution in [0.1, 0.15) is 28.3 Å². The number of amides is 1. The van der Waals surface area contributed by atoms with E-state index in [1.54, 1.807) is 14.2 Å². The van der Waals surface area contributed by atoms with Gasteiger partial charge in [-0.15, -0.1) is 0 Å². The summed E-state index contributed by atoms with van der Waals surface area (Å²) in [6.07, 6.45) is 0. The second-order valence-electron chi connectivity index (χ2n) is 7.45. The lowest BCUT2D eigenvalue weighted by molar-refractivity contribution is -0.123. The summed E-state index contributed by atoms with van der Waals surface area (Å²) in [4.78, 5) is 12.1. The zero-order chi connectivity index (χ0) is 22.9. The van der Waals surface area contributed by atoms with Gasteiger partial charge < -0.3 is 24.8 Å². The maximum Gasteiger partial charge on any atom is 0.258 e. The van der Waals surface area contributed by atoms with E-state index in [1.165, 1.54) is 5.56 Å². The zero-order valence-electron chi connectivity index (χ0n) is 19.0. The topological polar surface area (TPSA) is 68.8 Å². The Morgan fingerprint density at radius 2 is 1.59 bits per heavy atom. The summed E-state index contributed by atoms with van der Waals surface area (Å²) in [5, 5.41) is 6.20. The van der Waals surface area contributed by atoms with Crippen molar-refractivity contribution >= 4 is 5.91 Å². The van der Waals surface area contributed by atoms with E-state index in [9.17, 15) is 4.79 Å². The van der Waals surface area contributed by atoms with E-state index >= 15 is 0 Å². The first-order valence-corrected chi connectivity index (χ1v) is 10.5. The second-order valence-corrected chi connectivity index (χ2v) is 7.45. The summed E-state index contributed by atoms with van der Waals surface area (Å²) in [6, 6.07) is 21.4. The van der Waals surface area contributed by atoms with Gasteiger partial charge in [-0.25, -0.2) is 0 Å². The summed E-state index contributed by atoms with van der Waals surface area (Å²) in [5.41, 5.74) is 4.30. The minimum atomic E-state index is -0.161. The van der Waals surface area contributed by atoms with Crippen molar-refractivity contribution in [3.63, 3.8) is 0 Å². The monoisotopic (exact) mass is 434 g/mol. The number of hydrogen-bond acceptors (Lipinski definition) is 5. The zero-order valence-corrected chi connectivity index (χ0v) is 19.0. The number of carbonyl (C=O) groups excluding carboxylic acids is 1.